The highest BCUT2D eigenvalue weighted by atomic mass is 16.4. The van der Waals surface area contributed by atoms with E-state index in [9.17, 15) is 14.7 Å². The van der Waals surface area contributed by atoms with E-state index in [2.05, 4.69) is 47.3 Å². The second-order valence-electron chi connectivity index (χ2n) is 11.9. The highest BCUT2D eigenvalue weighted by Crippen LogP contribution is 2.70. The molecular formula is C30H44O4. The molecule has 3 rings (SSSR count). The molecule has 5 atom stereocenters. The van der Waals surface area contributed by atoms with Gasteiger partial charge in [-0.2, -0.15) is 0 Å². The number of carboxylic acids is 2. The molecule has 0 unspecified atom stereocenters. The van der Waals surface area contributed by atoms with Gasteiger partial charge in [0.25, 0.3) is 0 Å². The third-order valence-corrected chi connectivity index (χ3v) is 10.1. The van der Waals surface area contributed by atoms with Gasteiger partial charge >= 0.3 is 11.9 Å². The number of hydrogen-bond acceptors (Lipinski definition) is 2. The summed E-state index contributed by atoms with van der Waals surface area (Å²) in [6, 6.07) is 0. The summed E-state index contributed by atoms with van der Waals surface area (Å²) in [5.41, 5.74) is 6.19. The monoisotopic (exact) mass is 468 g/mol. The molecule has 4 heteroatoms. The van der Waals surface area contributed by atoms with E-state index in [1.165, 1.54) is 16.7 Å². The molecule has 0 bridgehead atoms. The molecular weight excluding hydrogens is 424 g/mol. The molecule has 4 nitrogen and oxygen atoms in total. The Labute approximate surface area is 205 Å². The number of allylic oxidation sites excluding steroid dienone is 6. The molecule has 0 saturated heterocycles. The van der Waals surface area contributed by atoms with Crippen molar-refractivity contribution in [1.82, 2.24) is 0 Å². The second kappa shape index (κ2) is 9.51. The van der Waals surface area contributed by atoms with Crippen LogP contribution in [0.1, 0.15) is 99.3 Å². The van der Waals surface area contributed by atoms with Crippen molar-refractivity contribution in [1.29, 1.82) is 0 Å². The fourth-order valence-electron chi connectivity index (χ4n) is 7.86. The van der Waals surface area contributed by atoms with Gasteiger partial charge in [-0.3, -0.25) is 4.79 Å². The van der Waals surface area contributed by atoms with E-state index in [1.807, 2.05) is 6.08 Å². The standard InChI is InChI=1S/C30H44O4/c1-19(2)22-11-12-25-24(28(22,5)16-15-26(31)32)14-18-29(6)23(13-17-30(25,29)7)20(3)9-8-10-21(4)27(33)34/h10,14,22,25H,1,8-9,11-13,15-18H2,2-7H3,(H,31,32)(H,33,34)/b21-10-,23-20+/t22-,25+,28-,29+,30-/m0/s1. The van der Waals surface area contributed by atoms with Gasteiger partial charge in [0, 0.05) is 12.0 Å². The van der Waals surface area contributed by atoms with Crippen LogP contribution in [0.2, 0.25) is 0 Å². The Bertz CT molecular complexity index is 966. The van der Waals surface area contributed by atoms with Gasteiger partial charge in [0.2, 0.25) is 0 Å². The van der Waals surface area contributed by atoms with Gasteiger partial charge in [0.15, 0.2) is 0 Å². The Balaban J connectivity index is 1.96. The summed E-state index contributed by atoms with van der Waals surface area (Å²) >= 11 is 0. The molecule has 0 heterocycles. The van der Waals surface area contributed by atoms with Crippen molar-refractivity contribution in [3.05, 3.63) is 46.6 Å². The zero-order valence-electron chi connectivity index (χ0n) is 22.1. The molecule has 34 heavy (non-hydrogen) atoms. The van der Waals surface area contributed by atoms with Gasteiger partial charge in [-0.05, 0) is 100 Å². The van der Waals surface area contributed by atoms with Crippen LogP contribution in [0.5, 0.6) is 0 Å². The highest BCUT2D eigenvalue weighted by Gasteiger charge is 2.61. The van der Waals surface area contributed by atoms with E-state index < -0.39 is 11.9 Å². The molecule has 0 aromatic heterocycles. The summed E-state index contributed by atoms with van der Waals surface area (Å²) < 4.78 is 0. The van der Waals surface area contributed by atoms with Crippen LogP contribution in [0.3, 0.4) is 0 Å². The minimum Gasteiger partial charge on any atom is -0.481 e. The average Bonchev–Trinajstić information content (AvgIpc) is 3.03. The highest BCUT2D eigenvalue weighted by molar-refractivity contribution is 5.85. The third-order valence-electron chi connectivity index (χ3n) is 10.1. The van der Waals surface area contributed by atoms with Crippen LogP contribution < -0.4 is 0 Å². The number of carbonyl (C=O) groups is 2. The summed E-state index contributed by atoms with van der Waals surface area (Å²) in [5.74, 6) is -0.748. The minimum atomic E-state index is -0.841. The van der Waals surface area contributed by atoms with Gasteiger partial charge in [-0.15, -0.1) is 0 Å². The van der Waals surface area contributed by atoms with E-state index in [0.29, 0.717) is 23.8 Å². The first kappa shape index (κ1) is 26.5. The van der Waals surface area contributed by atoms with Gasteiger partial charge in [-0.25, -0.2) is 4.79 Å². The number of fused-ring (bicyclic) bond motifs is 3. The molecule has 0 spiro atoms. The van der Waals surface area contributed by atoms with Crippen molar-refractivity contribution in [2.75, 3.05) is 0 Å². The molecule has 3 aliphatic rings. The molecule has 188 valence electrons. The van der Waals surface area contributed by atoms with Gasteiger partial charge in [0.05, 0.1) is 0 Å². The number of aliphatic carboxylic acids is 2. The Kier molecular flexibility index (Phi) is 7.41. The molecule has 0 aromatic carbocycles. The summed E-state index contributed by atoms with van der Waals surface area (Å²) in [6.07, 6.45) is 12.4. The van der Waals surface area contributed by atoms with Gasteiger partial charge in [-0.1, -0.05) is 61.8 Å². The zero-order chi connectivity index (χ0) is 25.5. The lowest BCUT2D eigenvalue weighted by Crippen LogP contribution is -2.50. The van der Waals surface area contributed by atoms with E-state index >= 15 is 0 Å². The Hall–Kier alpha value is -2.10. The Morgan fingerprint density at radius 1 is 1.12 bits per heavy atom. The first-order valence-corrected chi connectivity index (χ1v) is 12.9. The fourth-order valence-corrected chi connectivity index (χ4v) is 7.86. The smallest absolute Gasteiger partial charge is 0.330 e. The summed E-state index contributed by atoms with van der Waals surface area (Å²) in [7, 11) is 0. The third kappa shape index (κ3) is 4.33. The van der Waals surface area contributed by atoms with Crippen LogP contribution in [0.25, 0.3) is 0 Å². The van der Waals surface area contributed by atoms with Crippen LogP contribution in [0.15, 0.2) is 46.6 Å². The number of carboxylic acid groups (broad SMARTS) is 2. The molecule has 0 radical (unpaired) electrons. The van der Waals surface area contributed by atoms with E-state index in [-0.39, 0.29) is 22.7 Å². The topological polar surface area (TPSA) is 74.6 Å². The lowest BCUT2D eigenvalue weighted by Gasteiger charge is -2.59. The molecule has 2 saturated carbocycles. The van der Waals surface area contributed by atoms with Crippen LogP contribution in [0, 0.1) is 28.1 Å². The molecule has 3 aliphatic carbocycles. The van der Waals surface area contributed by atoms with Crippen LogP contribution in [-0.4, -0.2) is 22.2 Å². The zero-order valence-corrected chi connectivity index (χ0v) is 22.1. The number of rotatable bonds is 8. The first-order chi connectivity index (χ1) is 15.8. The first-order valence-electron chi connectivity index (χ1n) is 12.9. The maximum atomic E-state index is 11.5. The van der Waals surface area contributed by atoms with E-state index in [0.717, 1.165) is 44.9 Å². The maximum absolute atomic E-state index is 11.5. The largest absolute Gasteiger partial charge is 0.481 e. The van der Waals surface area contributed by atoms with Crippen molar-refractivity contribution in [3.8, 4) is 0 Å². The van der Waals surface area contributed by atoms with Crippen LogP contribution >= 0.6 is 0 Å². The normalized spacial score (nSPS) is 36.9. The van der Waals surface area contributed by atoms with Gasteiger partial charge in [0.1, 0.15) is 0 Å². The minimum absolute atomic E-state index is 0.0978. The number of hydrogen-bond donors (Lipinski definition) is 2. The average molecular weight is 469 g/mol. The summed E-state index contributed by atoms with van der Waals surface area (Å²) in [5, 5.41) is 18.6. The maximum Gasteiger partial charge on any atom is 0.330 e. The Morgan fingerprint density at radius 3 is 2.38 bits per heavy atom. The van der Waals surface area contributed by atoms with E-state index in [4.69, 9.17) is 5.11 Å². The molecule has 0 aliphatic heterocycles. The quantitative estimate of drug-likeness (QED) is 0.282. The molecule has 0 aromatic rings. The van der Waals surface area contributed by atoms with Crippen molar-refractivity contribution >= 4 is 11.9 Å². The summed E-state index contributed by atoms with van der Waals surface area (Å²) in [4.78, 5) is 22.6. The lowest BCUT2D eigenvalue weighted by molar-refractivity contribution is -0.138. The lowest BCUT2D eigenvalue weighted by atomic mass is 9.45. The Morgan fingerprint density at radius 2 is 1.79 bits per heavy atom. The predicted octanol–water partition coefficient (Wildman–Crippen LogP) is 7.72. The second-order valence-corrected chi connectivity index (χ2v) is 11.9. The predicted molar refractivity (Wildman–Crippen MR) is 137 cm³/mol. The van der Waals surface area contributed by atoms with Crippen LogP contribution in [-0.2, 0) is 9.59 Å². The van der Waals surface area contributed by atoms with E-state index in [1.54, 1.807) is 12.5 Å². The van der Waals surface area contributed by atoms with Crippen molar-refractivity contribution < 1.29 is 19.8 Å². The van der Waals surface area contributed by atoms with Gasteiger partial charge < -0.3 is 10.2 Å². The van der Waals surface area contributed by atoms with Crippen molar-refractivity contribution in [2.45, 2.75) is 99.3 Å². The SMILES string of the molecule is C=C(C)[C@@H]1CC[C@@H]2C(=CC[C@]3(C)/C(=C(\C)CC/C=C(/C)C(=O)O)CC[C@@]23C)[C@@]1(C)CCC(=O)O. The molecule has 0 amide bonds. The molecule has 2 N–H and O–H groups in total. The molecule has 2 fully saturated rings. The van der Waals surface area contributed by atoms with Crippen molar-refractivity contribution in [2.24, 2.45) is 28.1 Å². The van der Waals surface area contributed by atoms with Crippen molar-refractivity contribution in [3.63, 3.8) is 0 Å². The summed E-state index contributed by atoms with van der Waals surface area (Å²) in [6.45, 7) is 17.5. The van der Waals surface area contributed by atoms with Crippen LogP contribution in [0.4, 0.5) is 0 Å². The fraction of sp³-hybridized carbons (Fsp3) is 0.667.